The smallest absolute Gasteiger partial charge is 0.252 e. The molecule has 0 spiro atoms. The van der Waals surface area contributed by atoms with Gasteiger partial charge in [-0.15, -0.1) is 0 Å². The van der Waals surface area contributed by atoms with Gasteiger partial charge < -0.3 is 9.88 Å². The number of hydrogen-bond acceptors (Lipinski definition) is 5. The second-order valence-electron chi connectivity index (χ2n) is 6.26. The number of benzene rings is 1. The van der Waals surface area contributed by atoms with Gasteiger partial charge in [0.2, 0.25) is 10.0 Å². The number of rotatable bonds is 6. The van der Waals surface area contributed by atoms with Crippen molar-refractivity contribution in [3.63, 3.8) is 0 Å². The average Bonchev–Trinajstić information content (AvgIpc) is 3.28. The monoisotopic (exact) mass is 429 g/mol. The van der Waals surface area contributed by atoms with Gasteiger partial charge in [0.25, 0.3) is 5.91 Å². The quantitative estimate of drug-likeness (QED) is 0.683. The van der Waals surface area contributed by atoms with E-state index in [1.165, 1.54) is 22.5 Å². The summed E-state index contributed by atoms with van der Waals surface area (Å²) in [6.45, 7) is 1.31. The zero-order chi connectivity index (χ0) is 19.6. The Morgan fingerprint density at radius 2 is 2.07 bits per heavy atom. The number of sulfonamides is 1. The van der Waals surface area contributed by atoms with E-state index >= 15 is 0 Å². The van der Waals surface area contributed by atoms with Crippen LogP contribution in [0.4, 0.5) is 0 Å². The van der Waals surface area contributed by atoms with E-state index in [0.29, 0.717) is 36.7 Å². The lowest BCUT2D eigenvalue weighted by atomic mass is 10.2. The largest absolute Gasteiger partial charge is 0.352 e. The van der Waals surface area contributed by atoms with E-state index in [9.17, 15) is 13.2 Å². The van der Waals surface area contributed by atoms with Crippen LogP contribution in [0.5, 0.6) is 0 Å². The van der Waals surface area contributed by atoms with Gasteiger partial charge in [-0.1, -0.05) is 11.6 Å². The van der Waals surface area contributed by atoms with Gasteiger partial charge in [-0.3, -0.25) is 9.89 Å². The highest BCUT2D eigenvalue weighted by molar-refractivity contribution is 7.89. The molecule has 146 valence electrons. The molecule has 2 aromatic rings. The number of hydrogen-bond donors (Lipinski definition) is 2. The Hall–Kier alpha value is -1.75. The molecule has 0 atom stereocenters. The highest BCUT2D eigenvalue weighted by atomic mass is 35.5. The Kier molecular flexibility index (Phi) is 5.99. The lowest BCUT2D eigenvalue weighted by Crippen LogP contribution is -2.29. The molecule has 0 aliphatic carbocycles. The summed E-state index contributed by atoms with van der Waals surface area (Å²) >= 11 is 11.2. The third-order valence-corrected chi connectivity index (χ3v) is 7.08. The van der Waals surface area contributed by atoms with Crippen molar-refractivity contribution in [1.29, 1.82) is 0 Å². The van der Waals surface area contributed by atoms with Crippen LogP contribution in [0, 0.1) is 4.77 Å². The molecule has 27 heavy (non-hydrogen) atoms. The van der Waals surface area contributed by atoms with Gasteiger partial charge in [0, 0.05) is 33.1 Å². The van der Waals surface area contributed by atoms with E-state index in [0.717, 1.165) is 12.8 Å². The Morgan fingerprint density at radius 1 is 1.37 bits per heavy atom. The first kappa shape index (κ1) is 20.0. The first-order valence-corrected chi connectivity index (χ1v) is 10.7. The Morgan fingerprint density at radius 3 is 2.70 bits per heavy atom. The fourth-order valence-corrected chi connectivity index (χ4v) is 4.80. The van der Waals surface area contributed by atoms with Crippen molar-refractivity contribution < 1.29 is 13.2 Å². The number of amides is 1. The van der Waals surface area contributed by atoms with E-state index in [2.05, 4.69) is 15.5 Å². The lowest BCUT2D eigenvalue weighted by Gasteiger charge is -2.16. The van der Waals surface area contributed by atoms with Crippen molar-refractivity contribution in [2.75, 3.05) is 19.6 Å². The lowest BCUT2D eigenvalue weighted by molar-refractivity contribution is 0.0954. The second-order valence-corrected chi connectivity index (χ2v) is 8.99. The number of H-pyrrole nitrogens is 1. The van der Waals surface area contributed by atoms with E-state index in [4.69, 9.17) is 23.8 Å². The zero-order valence-corrected chi connectivity index (χ0v) is 17.1. The fraction of sp³-hybridized carbons (Fsp3) is 0.438. The number of carbonyl (C=O) groups excluding carboxylic acids is 1. The minimum atomic E-state index is -3.61. The van der Waals surface area contributed by atoms with Crippen molar-refractivity contribution >= 4 is 39.7 Å². The van der Waals surface area contributed by atoms with Gasteiger partial charge >= 0.3 is 0 Å². The molecule has 8 nitrogen and oxygen atoms in total. The SMILES string of the molecule is Cn1c(CCNC(=O)c2cc(S(=O)(=O)N3CCCC3)ccc2Cl)n[nH]c1=S. The average molecular weight is 430 g/mol. The second kappa shape index (κ2) is 8.09. The highest BCUT2D eigenvalue weighted by Crippen LogP contribution is 2.25. The Bertz CT molecular complexity index is 1010. The van der Waals surface area contributed by atoms with Gasteiger partial charge in [0.05, 0.1) is 15.5 Å². The molecule has 0 bridgehead atoms. The predicted molar refractivity (Wildman–Crippen MR) is 104 cm³/mol. The van der Waals surface area contributed by atoms with E-state index < -0.39 is 15.9 Å². The van der Waals surface area contributed by atoms with Crippen LogP contribution in [0.3, 0.4) is 0 Å². The van der Waals surface area contributed by atoms with Crippen LogP contribution >= 0.6 is 23.8 Å². The number of nitrogens with one attached hydrogen (secondary N) is 2. The van der Waals surface area contributed by atoms with Crippen LogP contribution < -0.4 is 5.32 Å². The Balaban J connectivity index is 1.72. The molecule has 1 aromatic heterocycles. The predicted octanol–water partition coefficient (Wildman–Crippen LogP) is 1.89. The molecule has 1 aliphatic heterocycles. The number of aromatic amines is 1. The van der Waals surface area contributed by atoms with Crippen LogP contribution in [-0.2, 0) is 23.5 Å². The molecule has 0 radical (unpaired) electrons. The van der Waals surface area contributed by atoms with Gasteiger partial charge in [0.1, 0.15) is 5.82 Å². The number of carbonyl (C=O) groups is 1. The van der Waals surface area contributed by atoms with Crippen molar-refractivity contribution in [2.45, 2.75) is 24.2 Å². The maximum atomic E-state index is 12.7. The molecule has 0 unspecified atom stereocenters. The highest BCUT2D eigenvalue weighted by Gasteiger charge is 2.28. The van der Waals surface area contributed by atoms with Crippen molar-refractivity contribution in [3.8, 4) is 0 Å². The van der Waals surface area contributed by atoms with Crippen LogP contribution in [-0.4, -0.2) is 53.0 Å². The first-order valence-electron chi connectivity index (χ1n) is 8.49. The van der Waals surface area contributed by atoms with Gasteiger partial charge in [-0.2, -0.15) is 9.40 Å². The normalized spacial score (nSPS) is 15.2. The topological polar surface area (TPSA) is 100 Å². The molecule has 1 saturated heterocycles. The maximum absolute atomic E-state index is 12.7. The van der Waals surface area contributed by atoms with Gasteiger partial charge in [0.15, 0.2) is 4.77 Å². The van der Waals surface area contributed by atoms with E-state index in [1.807, 2.05) is 0 Å². The molecule has 2 N–H and O–H groups in total. The Labute approximate surface area is 167 Å². The summed E-state index contributed by atoms with van der Waals surface area (Å²) in [7, 11) is -1.83. The summed E-state index contributed by atoms with van der Waals surface area (Å²) in [5, 5.41) is 9.69. The van der Waals surface area contributed by atoms with Crippen molar-refractivity contribution in [1.82, 2.24) is 24.4 Å². The summed E-state index contributed by atoms with van der Waals surface area (Å²) in [5.41, 5.74) is 0.132. The van der Waals surface area contributed by atoms with Crippen molar-refractivity contribution in [3.05, 3.63) is 39.4 Å². The summed E-state index contributed by atoms with van der Waals surface area (Å²) in [6.07, 6.45) is 2.16. The standard InChI is InChI=1S/C16H20ClN5O3S2/c1-21-14(19-20-16(21)26)6-7-18-15(23)12-10-11(4-5-13(12)17)27(24,25)22-8-2-3-9-22/h4-5,10H,2-3,6-9H2,1H3,(H,18,23)(H,20,26). The molecule has 1 aromatic carbocycles. The third-order valence-electron chi connectivity index (χ3n) is 4.49. The number of aromatic nitrogens is 3. The van der Waals surface area contributed by atoms with Crippen molar-refractivity contribution in [2.24, 2.45) is 7.05 Å². The van der Waals surface area contributed by atoms with Gasteiger partial charge in [-0.25, -0.2) is 8.42 Å². The molecule has 1 amide bonds. The third kappa shape index (κ3) is 4.23. The molecule has 1 aliphatic rings. The fourth-order valence-electron chi connectivity index (χ4n) is 2.90. The first-order chi connectivity index (χ1) is 12.8. The van der Waals surface area contributed by atoms with Crippen LogP contribution in [0.15, 0.2) is 23.1 Å². The van der Waals surface area contributed by atoms with Crippen LogP contribution in [0.2, 0.25) is 5.02 Å². The summed E-state index contributed by atoms with van der Waals surface area (Å²) < 4.78 is 29.0. The molecular weight excluding hydrogens is 410 g/mol. The zero-order valence-electron chi connectivity index (χ0n) is 14.7. The van der Waals surface area contributed by atoms with Crippen LogP contribution in [0.25, 0.3) is 0 Å². The van der Waals surface area contributed by atoms with Gasteiger partial charge in [-0.05, 0) is 43.3 Å². The summed E-state index contributed by atoms with van der Waals surface area (Å²) in [6, 6.07) is 4.21. The number of nitrogens with zero attached hydrogens (tertiary/aromatic N) is 3. The summed E-state index contributed by atoms with van der Waals surface area (Å²) in [5.74, 6) is 0.270. The summed E-state index contributed by atoms with van der Waals surface area (Å²) in [4.78, 5) is 12.6. The minimum Gasteiger partial charge on any atom is -0.352 e. The molecule has 1 fully saturated rings. The number of halogens is 1. The molecule has 11 heteroatoms. The molecular formula is C16H20ClN5O3S2. The molecule has 0 saturated carbocycles. The van der Waals surface area contributed by atoms with E-state index in [1.54, 1.807) is 11.6 Å². The maximum Gasteiger partial charge on any atom is 0.252 e. The van der Waals surface area contributed by atoms with Crippen LogP contribution in [0.1, 0.15) is 29.0 Å². The minimum absolute atomic E-state index is 0.0772. The molecule has 3 rings (SSSR count). The van der Waals surface area contributed by atoms with E-state index in [-0.39, 0.29) is 15.5 Å². The molecule has 2 heterocycles.